The zero-order chi connectivity index (χ0) is 17.1. The molecule has 4 nitrogen and oxygen atoms in total. The molecule has 0 spiro atoms. The van der Waals surface area contributed by atoms with Gasteiger partial charge in [0.2, 0.25) is 0 Å². The maximum atomic E-state index is 11.6. The summed E-state index contributed by atoms with van der Waals surface area (Å²) in [6, 6.07) is 17.2. The van der Waals surface area contributed by atoms with Crippen molar-refractivity contribution in [1.82, 2.24) is 0 Å². The third kappa shape index (κ3) is 6.25. The third-order valence-corrected chi connectivity index (χ3v) is 10.5. The molecule has 2 aromatic rings. The first-order chi connectivity index (χ1) is 10.6. The summed E-state index contributed by atoms with van der Waals surface area (Å²) in [4.78, 5) is 0. The minimum absolute atomic E-state index is 0.816. The molecule has 0 heterocycles. The Morgan fingerprint density at radius 3 is 1.87 bits per heavy atom. The topological polar surface area (TPSA) is 52.6 Å². The van der Waals surface area contributed by atoms with Crippen LogP contribution in [0.25, 0.3) is 0 Å². The molecule has 0 fully saturated rings. The van der Waals surface area contributed by atoms with Crippen molar-refractivity contribution in [3.63, 3.8) is 0 Å². The van der Waals surface area contributed by atoms with Crippen molar-refractivity contribution >= 4 is 38.7 Å². The molecule has 0 unspecified atom stereocenters. The fourth-order valence-corrected chi connectivity index (χ4v) is 9.04. The Morgan fingerprint density at radius 1 is 0.870 bits per heavy atom. The van der Waals surface area contributed by atoms with Gasteiger partial charge in [-0.2, -0.15) is 0 Å². The van der Waals surface area contributed by atoms with E-state index in [9.17, 15) is 8.42 Å². The Balaban J connectivity index is 2.33. The molecular formula is C16H21IO4SSi. The number of benzene rings is 2. The Bertz CT molecular complexity index is 740. The van der Waals surface area contributed by atoms with Gasteiger partial charge in [-0.15, -0.1) is 0 Å². The van der Waals surface area contributed by atoms with Crippen molar-refractivity contribution in [3.8, 4) is 5.75 Å². The Kier molecular flexibility index (Phi) is 5.87. The van der Waals surface area contributed by atoms with Crippen LogP contribution < -0.4 is 4.43 Å². The van der Waals surface area contributed by atoms with Gasteiger partial charge < -0.3 is 0 Å². The van der Waals surface area contributed by atoms with Crippen molar-refractivity contribution in [2.75, 3.05) is 6.26 Å². The summed E-state index contributed by atoms with van der Waals surface area (Å²) in [5.41, 5.74) is 0. The van der Waals surface area contributed by atoms with E-state index in [0.717, 1.165) is 19.1 Å². The zero-order valence-corrected chi connectivity index (χ0v) is 17.6. The fourth-order valence-electron chi connectivity index (χ4n) is 1.81. The summed E-state index contributed by atoms with van der Waals surface area (Å²) >= 11 is -2.49. The van der Waals surface area contributed by atoms with Crippen LogP contribution in [0.3, 0.4) is 0 Å². The van der Waals surface area contributed by atoms with Gasteiger partial charge in [-0.3, -0.25) is 0 Å². The molecule has 0 atom stereocenters. The summed E-state index contributed by atoms with van der Waals surface area (Å²) in [6.45, 7) is 6.36. The minimum atomic E-state index is -3.51. The second-order valence-electron chi connectivity index (χ2n) is 5.98. The molecule has 0 amide bonds. The SMILES string of the molecule is C[Si](C)(C)Oc1ccc(I(OS(C)(=O)=O)c2ccccc2)cc1. The van der Waals surface area contributed by atoms with Crippen LogP contribution in [0.4, 0.5) is 0 Å². The fraction of sp³-hybridized carbons (Fsp3) is 0.250. The molecule has 7 heteroatoms. The van der Waals surface area contributed by atoms with Crippen LogP contribution in [0.2, 0.25) is 19.6 Å². The van der Waals surface area contributed by atoms with Crippen molar-refractivity contribution in [2.24, 2.45) is 0 Å². The van der Waals surface area contributed by atoms with Crippen LogP contribution in [0.1, 0.15) is 0 Å². The first-order valence-electron chi connectivity index (χ1n) is 7.08. The van der Waals surface area contributed by atoms with E-state index in [1.807, 2.05) is 54.6 Å². The van der Waals surface area contributed by atoms with Gasteiger partial charge in [0, 0.05) is 0 Å². The molecule has 0 N–H and O–H groups in total. The van der Waals surface area contributed by atoms with Crippen LogP contribution in [-0.4, -0.2) is 23.0 Å². The number of halogens is 1. The van der Waals surface area contributed by atoms with E-state index in [4.69, 9.17) is 6.94 Å². The molecule has 0 saturated heterocycles. The van der Waals surface area contributed by atoms with Crippen LogP contribution in [0.5, 0.6) is 5.75 Å². The summed E-state index contributed by atoms with van der Waals surface area (Å²) in [6.07, 6.45) is 1.10. The van der Waals surface area contributed by atoms with Crippen LogP contribution in [0, 0.1) is 7.14 Å². The molecule has 2 aromatic carbocycles. The molecule has 0 aromatic heterocycles. The number of hydrogen-bond donors (Lipinski definition) is 0. The quantitative estimate of drug-likeness (QED) is 0.472. The predicted molar refractivity (Wildman–Crippen MR) is 104 cm³/mol. The molecule has 0 radical (unpaired) electrons. The van der Waals surface area contributed by atoms with Gasteiger partial charge in [0.1, 0.15) is 0 Å². The van der Waals surface area contributed by atoms with Gasteiger partial charge in [-0.05, 0) is 0 Å². The molecule has 0 bridgehead atoms. The standard InChI is InChI=1S/C16H21IO4SSi/c1-22(18,19)21-17(14-8-6-5-7-9-14)15-10-12-16(13-11-15)20-23(2,3)4/h5-13H,1-4H3. The van der Waals surface area contributed by atoms with Crippen molar-refractivity contribution < 1.29 is 15.4 Å². The van der Waals surface area contributed by atoms with E-state index in [0.29, 0.717) is 0 Å². The zero-order valence-electron chi connectivity index (χ0n) is 13.6. The van der Waals surface area contributed by atoms with Gasteiger partial charge in [0.25, 0.3) is 0 Å². The molecular weight excluding hydrogens is 443 g/mol. The number of hydrogen-bond acceptors (Lipinski definition) is 4. The Morgan fingerprint density at radius 2 is 1.39 bits per heavy atom. The molecule has 0 aliphatic rings. The average Bonchev–Trinajstić information content (AvgIpc) is 2.44. The van der Waals surface area contributed by atoms with Crippen molar-refractivity contribution in [3.05, 3.63) is 61.7 Å². The summed E-state index contributed by atoms with van der Waals surface area (Å²) in [5.74, 6) is 0.816. The molecule has 0 aliphatic heterocycles. The van der Waals surface area contributed by atoms with E-state index in [-0.39, 0.29) is 0 Å². The van der Waals surface area contributed by atoms with Gasteiger partial charge >= 0.3 is 147 Å². The van der Waals surface area contributed by atoms with Crippen molar-refractivity contribution in [1.29, 1.82) is 0 Å². The first-order valence-corrected chi connectivity index (χ1v) is 15.3. The summed E-state index contributed by atoms with van der Waals surface area (Å²) in [7, 11) is -5.17. The second kappa shape index (κ2) is 7.33. The molecule has 0 saturated carbocycles. The maximum absolute atomic E-state index is 11.6. The van der Waals surface area contributed by atoms with Crippen LogP contribution in [-0.2, 0) is 12.6 Å². The van der Waals surface area contributed by atoms with Crippen molar-refractivity contribution in [2.45, 2.75) is 19.6 Å². The first kappa shape index (κ1) is 18.4. The molecule has 23 heavy (non-hydrogen) atoms. The third-order valence-electron chi connectivity index (χ3n) is 2.54. The van der Waals surface area contributed by atoms with Crippen LogP contribution in [0.15, 0.2) is 54.6 Å². The molecule has 2 rings (SSSR count). The van der Waals surface area contributed by atoms with E-state index < -0.39 is 38.7 Å². The monoisotopic (exact) mass is 464 g/mol. The van der Waals surface area contributed by atoms with Gasteiger partial charge in [-0.25, -0.2) is 0 Å². The second-order valence-corrected chi connectivity index (χ2v) is 16.9. The number of rotatable bonds is 6. The summed E-state index contributed by atoms with van der Waals surface area (Å²) in [5, 5.41) is 0. The van der Waals surface area contributed by atoms with Gasteiger partial charge in [0.05, 0.1) is 0 Å². The average molecular weight is 464 g/mol. The normalized spacial score (nSPS) is 12.8. The van der Waals surface area contributed by atoms with E-state index in [2.05, 4.69) is 19.6 Å². The van der Waals surface area contributed by atoms with E-state index >= 15 is 0 Å². The predicted octanol–water partition coefficient (Wildman–Crippen LogP) is 4.34. The van der Waals surface area contributed by atoms with Gasteiger partial charge in [0.15, 0.2) is 0 Å². The van der Waals surface area contributed by atoms with Crippen LogP contribution >= 0.6 is 20.2 Å². The summed E-state index contributed by atoms with van der Waals surface area (Å²) < 4.78 is 36.5. The Labute approximate surface area is 147 Å². The molecule has 126 valence electrons. The van der Waals surface area contributed by atoms with E-state index in [1.54, 1.807) is 0 Å². The van der Waals surface area contributed by atoms with Gasteiger partial charge in [-0.1, -0.05) is 0 Å². The van der Waals surface area contributed by atoms with E-state index in [1.165, 1.54) is 0 Å². The Hall–Kier alpha value is -0.903. The molecule has 0 aliphatic carbocycles.